The second kappa shape index (κ2) is 11.0. The number of hydrogen-bond donors (Lipinski definition) is 3. The number of aromatic nitrogens is 2. The number of ketones is 1. The van der Waals surface area contributed by atoms with E-state index in [2.05, 4.69) is 20.5 Å². The number of nitrogens with one attached hydrogen (secondary N) is 2. The Morgan fingerprint density at radius 1 is 1.05 bits per heavy atom. The van der Waals surface area contributed by atoms with E-state index in [9.17, 15) is 27.6 Å². The number of carbonyl (C=O) groups is 3. The van der Waals surface area contributed by atoms with Gasteiger partial charge in [0.15, 0.2) is 11.5 Å². The Balaban J connectivity index is 1.85. The van der Waals surface area contributed by atoms with E-state index in [-0.39, 0.29) is 31.0 Å². The molecule has 198 valence electrons. The van der Waals surface area contributed by atoms with Crippen molar-refractivity contribution in [3.05, 3.63) is 59.8 Å². The number of aliphatic hydroxyl groups is 1. The van der Waals surface area contributed by atoms with Crippen molar-refractivity contribution in [1.82, 2.24) is 20.4 Å². The number of hydrogen-bond acceptors (Lipinski definition) is 6. The Morgan fingerprint density at radius 3 is 2.30 bits per heavy atom. The van der Waals surface area contributed by atoms with Crippen LogP contribution in [0.25, 0.3) is 10.9 Å². The average Bonchev–Trinajstić information content (AvgIpc) is 3.18. The second-order valence-corrected chi connectivity index (χ2v) is 9.31. The Kier molecular flexibility index (Phi) is 8.22. The lowest BCUT2D eigenvalue weighted by molar-refractivity contribution is -0.274. The Hall–Kier alpha value is -3.93. The van der Waals surface area contributed by atoms with Crippen LogP contribution in [0.15, 0.2) is 48.5 Å². The van der Waals surface area contributed by atoms with Gasteiger partial charge in [-0.1, -0.05) is 39.0 Å². The smallest absolute Gasteiger partial charge is 0.406 e. The van der Waals surface area contributed by atoms with Gasteiger partial charge in [-0.05, 0) is 35.7 Å². The van der Waals surface area contributed by atoms with Crippen LogP contribution in [0.5, 0.6) is 5.75 Å². The molecule has 0 aliphatic rings. The predicted octanol–water partition coefficient (Wildman–Crippen LogP) is 3.07. The highest BCUT2D eigenvalue weighted by Crippen LogP contribution is 2.25. The molecule has 1 aromatic heterocycles. The molecule has 2 amide bonds. The maximum atomic E-state index is 13.2. The topological polar surface area (TPSA) is 123 Å². The maximum Gasteiger partial charge on any atom is 0.573 e. The molecule has 0 fully saturated rings. The van der Waals surface area contributed by atoms with Crippen LogP contribution in [0.1, 0.15) is 41.6 Å². The van der Waals surface area contributed by atoms with Crippen LogP contribution in [-0.4, -0.2) is 58.0 Å². The summed E-state index contributed by atoms with van der Waals surface area (Å²) in [5.74, 6) is -2.00. The molecule has 0 aliphatic heterocycles. The summed E-state index contributed by atoms with van der Waals surface area (Å²) in [6.45, 7) is 4.82. The number of aliphatic hydroxyl groups excluding tert-OH is 1. The molecule has 3 rings (SSSR count). The van der Waals surface area contributed by atoms with Gasteiger partial charge in [0.1, 0.15) is 18.3 Å². The number of carbonyl (C=O) groups excluding carboxylic acids is 3. The first-order chi connectivity index (χ1) is 17.3. The van der Waals surface area contributed by atoms with Crippen molar-refractivity contribution in [3.8, 4) is 5.75 Å². The van der Waals surface area contributed by atoms with Crippen molar-refractivity contribution >= 4 is 28.5 Å². The van der Waals surface area contributed by atoms with E-state index in [1.165, 1.54) is 16.8 Å². The highest BCUT2D eigenvalue weighted by molar-refractivity contribution is 6.06. The molecule has 12 heteroatoms. The molecule has 3 N–H and O–H groups in total. The van der Waals surface area contributed by atoms with E-state index in [0.29, 0.717) is 10.9 Å². The third-order valence-corrected chi connectivity index (χ3v) is 5.39. The van der Waals surface area contributed by atoms with Crippen molar-refractivity contribution in [2.75, 3.05) is 13.2 Å². The van der Waals surface area contributed by atoms with Gasteiger partial charge >= 0.3 is 6.36 Å². The van der Waals surface area contributed by atoms with Crippen molar-refractivity contribution in [1.29, 1.82) is 0 Å². The number of Topliss-reactive ketones (excluding diaryl/α,β-unsaturated/α-hetero) is 1. The van der Waals surface area contributed by atoms with E-state index in [1.807, 2.05) is 0 Å². The van der Waals surface area contributed by atoms with Crippen molar-refractivity contribution < 1.29 is 37.4 Å². The first-order valence-corrected chi connectivity index (χ1v) is 11.3. The molecular weight excluding hydrogens is 493 g/mol. The summed E-state index contributed by atoms with van der Waals surface area (Å²) in [6, 6.07) is 10.3. The van der Waals surface area contributed by atoms with Crippen LogP contribution in [0.3, 0.4) is 0 Å². The van der Waals surface area contributed by atoms with E-state index in [0.717, 1.165) is 12.1 Å². The van der Waals surface area contributed by atoms with Gasteiger partial charge in [0.2, 0.25) is 5.91 Å². The monoisotopic (exact) mass is 520 g/mol. The van der Waals surface area contributed by atoms with E-state index < -0.39 is 41.2 Å². The van der Waals surface area contributed by atoms with Gasteiger partial charge in [0.25, 0.3) is 5.91 Å². The number of rotatable bonds is 9. The minimum Gasteiger partial charge on any atom is -0.406 e. The first kappa shape index (κ1) is 27.7. The number of alkyl halides is 3. The molecule has 3 aromatic rings. The normalized spacial score (nSPS) is 12.7. The van der Waals surface area contributed by atoms with Crippen LogP contribution < -0.4 is 15.4 Å². The third-order valence-electron chi connectivity index (χ3n) is 5.39. The Morgan fingerprint density at radius 2 is 1.70 bits per heavy atom. The fourth-order valence-corrected chi connectivity index (χ4v) is 3.64. The van der Waals surface area contributed by atoms with Crippen LogP contribution >= 0.6 is 0 Å². The molecule has 9 nitrogen and oxygen atoms in total. The number of ether oxygens (including phenoxy) is 1. The lowest BCUT2D eigenvalue weighted by Gasteiger charge is -2.30. The lowest BCUT2D eigenvalue weighted by Crippen LogP contribution is -2.54. The van der Waals surface area contributed by atoms with Crippen molar-refractivity contribution in [3.63, 3.8) is 0 Å². The molecule has 1 atom stereocenters. The van der Waals surface area contributed by atoms with Crippen molar-refractivity contribution in [2.45, 2.75) is 39.7 Å². The van der Waals surface area contributed by atoms with Gasteiger partial charge < -0.3 is 20.5 Å². The maximum absolute atomic E-state index is 13.2. The minimum atomic E-state index is -4.85. The number of amides is 2. The van der Waals surface area contributed by atoms with Crippen LogP contribution in [0, 0.1) is 5.41 Å². The summed E-state index contributed by atoms with van der Waals surface area (Å²) in [5.41, 5.74) is -0.0454. The summed E-state index contributed by atoms with van der Waals surface area (Å²) in [6.07, 6.45) is -4.85. The quantitative estimate of drug-likeness (QED) is 0.373. The molecule has 0 saturated heterocycles. The highest BCUT2D eigenvalue weighted by Gasteiger charge is 2.34. The zero-order valence-electron chi connectivity index (χ0n) is 20.4. The average molecular weight is 521 g/mol. The second-order valence-electron chi connectivity index (χ2n) is 9.31. The number of fused-ring (bicyclic) bond motifs is 1. The largest absolute Gasteiger partial charge is 0.573 e. The number of halogens is 3. The van der Waals surface area contributed by atoms with Crippen LogP contribution in [-0.2, 0) is 11.3 Å². The first-order valence-electron chi connectivity index (χ1n) is 11.3. The molecule has 37 heavy (non-hydrogen) atoms. The molecule has 0 saturated carbocycles. The van der Waals surface area contributed by atoms with E-state index >= 15 is 0 Å². The molecule has 2 aromatic carbocycles. The summed E-state index contributed by atoms with van der Waals surface area (Å²) in [5, 5.41) is 19.0. The fraction of sp³-hybridized carbons (Fsp3) is 0.360. The van der Waals surface area contributed by atoms with Gasteiger partial charge in [-0.15, -0.1) is 13.2 Å². The zero-order valence-corrected chi connectivity index (χ0v) is 20.4. The van der Waals surface area contributed by atoms with Gasteiger partial charge in [-0.25, -0.2) is 0 Å². The van der Waals surface area contributed by atoms with Gasteiger partial charge in [-0.2, -0.15) is 5.10 Å². The van der Waals surface area contributed by atoms with Gasteiger partial charge in [-0.3, -0.25) is 19.1 Å². The van der Waals surface area contributed by atoms with Crippen LogP contribution in [0.4, 0.5) is 13.2 Å². The van der Waals surface area contributed by atoms with E-state index in [1.54, 1.807) is 45.0 Å². The SMILES string of the molecule is CC(C)(C)[C@H](NC(=O)c1nn(CC(=O)c2ccc(OC(F)(F)F)cc2)c2ccccc12)C(=O)NCCO. The summed E-state index contributed by atoms with van der Waals surface area (Å²) >= 11 is 0. The Labute approximate surface area is 210 Å². The lowest BCUT2D eigenvalue weighted by atomic mass is 9.86. The summed E-state index contributed by atoms with van der Waals surface area (Å²) < 4.78 is 42.3. The Bertz CT molecular complexity index is 1280. The molecular formula is C25H27F3N4O5. The minimum absolute atomic E-state index is 0.00142. The zero-order chi connectivity index (χ0) is 27.4. The molecule has 0 aliphatic carbocycles. The molecule has 0 bridgehead atoms. The van der Waals surface area contributed by atoms with Gasteiger partial charge in [0, 0.05) is 17.5 Å². The molecule has 1 heterocycles. The fourth-order valence-electron chi connectivity index (χ4n) is 3.64. The highest BCUT2D eigenvalue weighted by atomic mass is 19.4. The number of nitrogens with zero attached hydrogens (tertiary/aromatic N) is 2. The van der Waals surface area contributed by atoms with Crippen molar-refractivity contribution in [2.24, 2.45) is 5.41 Å². The third kappa shape index (κ3) is 7.06. The number of benzene rings is 2. The standard InChI is InChI=1S/C25H27F3N4O5/c1-24(2,3)21(23(36)29-12-13-33)30-22(35)20-17-6-4-5-7-18(17)32(31-20)14-19(34)15-8-10-16(11-9-15)37-25(26,27)28/h4-11,21,33H,12-14H2,1-3H3,(H,29,36)(H,30,35)/t21-/m1/s1. The molecule has 0 spiro atoms. The number of para-hydroxylation sites is 1. The van der Waals surface area contributed by atoms with E-state index in [4.69, 9.17) is 5.11 Å². The summed E-state index contributed by atoms with van der Waals surface area (Å²) in [4.78, 5) is 38.7. The predicted molar refractivity (Wildman–Crippen MR) is 128 cm³/mol. The van der Waals surface area contributed by atoms with Gasteiger partial charge in [0.05, 0.1) is 12.1 Å². The molecule has 0 unspecified atom stereocenters. The molecule has 0 radical (unpaired) electrons. The summed E-state index contributed by atoms with van der Waals surface area (Å²) in [7, 11) is 0. The van der Waals surface area contributed by atoms with Crippen LogP contribution in [0.2, 0.25) is 0 Å².